The Labute approximate surface area is 110 Å². The minimum atomic E-state index is -0.440. The van der Waals surface area contributed by atoms with E-state index in [4.69, 9.17) is 0 Å². The average molecular weight is 254 g/mol. The first-order valence-corrected chi connectivity index (χ1v) is 6.94. The van der Waals surface area contributed by atoms with E-state index >= 15 is 0 Å². The number of rotatable bonds is 4. The predicted molar refractivity (Wildman–Crippen MR) is 72.1 cm³/mol. The van der Waals surface area contributed by atoms with Gasteiger partial charge >= 0.3 is 0 Å². The van der Waals surface area contributed by atoms with Crippen LogP contribution in [0.25, 0.3) is 0 Å². The van der Waals surface area contributed by atoms with Gasteiger partial charge in [-0.2, -0.15) is 0 Å². The van der Waals surface area contributed by atoms with E-state index in [1.54, 1.807) is 0 Å². The summed E-state index contributed by atoms with van der Waals surface area (Å²) in [4.78, 5) is 25.7. The van der Waals surface area contributed by atoms with Crippen molar-refractivity contribution in [1.82, 2.24) is 10.2 Å². The average Bonchev–Trinajstić information content (AvgIpc) is 2.79. The monoisotopic (exact) mass is 254 g/mol. The molecule has 0 aromatic rings. The van der Waals surface area contributed by atoms with Gasteiger partial charge < -0.3 is 10.2 Å². The molecule has 0 heterocycles. The maximum Gasteiger partial charge on any atom is 0.242 e. The highest BCUT2D eigenvalue weighted by molar-refractivity contribution is 5.87. The van der Waals surface area contributed by atoms with Crippen LogP contribution in [-0.4, -0.2) is 35.8 Å². The summed E-state index contributed by atoms with van der Waals surface area (Å²) in [5, 5.41) is 2.73. The molecular weight excluding hydrogens is 228 g/mol. The molecular formula is C14H26N2O2. The first kappa shape index (κ1) is 15.0. The number of carbonyl (C=O) groups is 2. The van der Waals surface area contributed by atoms with Crippen molar-refractivity contribution in [3.05, 3.63) is 0 Å². The van der Waals surface area contributed by atoms with Crippen molar-refractivity contribution in [3.63, 3.8) is 0 Å². The van der Waals surface area contributed by atoms with Crippen LogP contribution in [0.4, 0.5) is 0 Å². The van der Waals surface area contributed by atoms with E-state index in [2.05, 4.69) is 5.32 Å². The molecule has 4 heteroatoms. The smallest absolute Gasteiger partial charge is 0.242 e. The van der Waals surface area contributed by atoms with Gasteiger partial charge in [0.25, 0.3) is 0 Å². The summed E-state index contributed by atoms with van der Waals surface area (Å²) in [6.45, 7) is 8.40. The fourth-order valence-electron chi connectivity index (χ4n) is 2.38. The van der Waals surface area contributed by atoms with Crippen molar-refractivity contribution in [2.45, 2.75) is 59.4 Å². The van der Waals surface area contributed by atoms with Crippen molar-refractivity contribution >= 4 is 11.8 Å². The molecule has 0 aromatic heterocycles. The van der Waals surface area contributed by atoms with Crippen molar-refractivity contribution in [2.75, 3.05) is 13.1 Å². The normalized spacial score (nSPS) is 16.7. The van der Waals surface area contributed by atoms with Gasteiger partial charge in [0.2, 0.25) is 11.8 Å². The van der Waals surface area contributed by atoms with Crippen LogP contribution >= 0.6 is 0 Å². The summed E-state index contributed by atoms with van der Waals surface area (Å²) >= 11 is 0. The van der Waals surface area contributed by atoms with E-state index in [-0.39, 0.29) is 18.4 Å². The summed E-state index contributed by atoms with van der Waals surface area (Å²) in [7, 11) is 0. The molecule has 0 radical (unpaired) electrons. The van der Waals surface area contributed by atoms with Crippen LogP contribution in [0.15, 0.2) is 0 Å². The van der Waals surface area contributed by atoms with Crippen LogP contribution in [0.2, 0.25) is 0 Å². The summed E-state index contributed by atoms with van der Waals surface area (Å²) in [6.07, 6.45) is 4.63. The first-order chi connectivity index (χ1) is 8.36. The summed E-state index contributed by atoms with van der Waals surface area (Å²) in [5.41, 5.74) is -0.440. The Bertz CT molecular complexity index is 301. The molecule has 0 aromatic carbocycles. The zero-order valence-electron chi connectivity index (χ0n) is 12.1. The molecule has 1 rings (SSSR count). The Morgan fingerprint density at radius 3 is 2.22 bits per heavy atom. The standard InChI is InChI=1S/C14H26N2O2/c1-5-16(11-8-6-7-9-11)12(17)10-15-13(18)14(2,3)4/h11H,5-10H2,1-4H3,(H,15,18). The third-order valence-electron chi connectivity index (χ3n) is 3.51. The molecule has 1 fully saturated rings. The van der Waals surface area contributed by atoms with Crippen LogP contribution in [0.1, 0.15) is 53.4 Å². The maximum absolute atomic E-state index is 12.1. The zero-order valence-corrected chi connectivity index (χ0v) is 12.1. The highest BCUT2D eigenvalue weighted by Gasteiger charge is 2.27. The van der Waals surface area contributed by atoms with Crippen molar-refractivity contribution in [2.24, 2.45) is 5.41 Å². The Morgan fingerprint density at radius 1 is 1.22 bits per heavy atom. The van der Waals surface area contributed by atoms with Crippen LogP contribution in [0.3, 0.4) is 0 Å². The number of amides is 2. The molecule has 2 amide bonds. The quantitative estimate of drug-likeness (QED) is 0.833. The SMILES string of the molecule is CCN(C(=O)CNC(=O)C(C)(C)C)C1CCCC1. The summed E-state index contributed by atoms with van der Waals surface area (Å²) in [5.74, 6) is -0.0275. The van der Waals surface area contributed by atoms with Gasteiger partial charge in [0.05, 0.1) is 6.54 Å². The molecule has 0 atom stereocenters. The molecule has 0 bridgehead atoms. The fourth-order valence-corrected chi connectivity index (χ4v) is 2.38. The second-order valence-corrected chi connectivity index (χ2v) is 6.05. The van der Waals surface area contributed by atoms with Gasteiger partial charge in [-0.05, 0) is 19.8 Å². The largest absolute Gasteiger partial charge is 0.347 e. The fraction of sp³-hybridized carbons (Fsp3) is 0.857. The predicted octanol–water partition coefficient (Wildman–Crippen LogP) is 1.94. The van der Waals surface area contributed by atoms with Crippen LogP contribution < -0.4 is 5.32 Å². The lowest BCUT2D eigenvalue weighted by Gasteiger charge is -2.28. The summed E-state index contributed by atoms with van der Waals surface area (Å²) in [6, 6.07) is 0.383. The molecule has 104 valence electrons. The maximum atomic E-state index is 12.1. The minimum Gasteiger partial charge on any atom is -0.347 e. The Morgan fingerprint density at radius 2 is 1.78 bits per heavy atom. The molecule has 1 aliphatic carbocycles. The number of hydrogen-bond acceptors (Lipinski definition) is 2. The number of likely N-dealkylation sites (N-methyl/N-ethyl adjacent to an activating group) is 1. The van der Waals surface area contributed by atoms with Gasteiger partial charge in [-0.25, -0.2) is 0 Å². The van der Waals surface area contributed by atoms with Crippen LogP contribution in [0, 0.1) is 5.41 Å². The Kier molecular flexibility index (Phi) is 5.17. The number of carbonyl (C=O) groups excluding carboxylic acids is 2. The second-order valence-electron chi connectivity index (χ2n) is 6.05. The molecule has 0 aliphatic heterocycles. The van der Waals surface area contributed by atoms with Crippen molar-refractivity contribution < 1.29 is 9.59 Å². The van der Waals surface area contributed by atoms with E-state index < -0.39 is 5.41 Å². The van der Waals surface area contributed by atoms with Gasteiger partial charge in [0.1, 0.15) is 0 Å². The molecule has 0 spiro atoms. The molecule has 1 saturated carbocycles. The second kappa shape index (κ2) is 6.21. The van der Waals surface area contributed by atoms with Gasteiger partial charge in [-0.15, -0.1) is 0 Å². The third-order valence-corrected chi connectivity index (χ3v) is 3.51. The number of hydrogen-bond donors (Lipinski definition) is 1. The molecule has 1 N–H and O–H groups in total. The lowest BCUT2D eigenvalue weighted by atomic mass is 9.96. The first-order valence-electron chi connectivity index (χ1n) is 6.94. The van der Waals surface area contributed by atoms with E-state index in [1.165, 1.54) is 12.8 Å². The number of nitrogens with zero attached hydrogens (tertiary/aromatic N) is 1. The minimum absolute atomic E-state index is 0.0435. The van der Waals surface area contributed by atoms with Crippen molar-refractivity contribution in [3.8, 4) is 0 Å². The highest BCUT2D eigenvalue weighted by Crippen LogP contribution is 2.23. The molecule has 4 nitrogen and oxygen atoms in total. The van der Waals surface area contributed by atoms with E-state index in [9.17, 15) is 9.59 Å². The van der Waals surface area contributed by atoms with Gasteiger partial charge in [0, 0.05) is 18.0 Å². The topological polar surface area (TPSA) is 49.4 Å². The number of nitrogens with one attached hydrogen (secondary N) is 1. The third kappa shape index (κ3) is 4.00. The van der Waals surface area contributed by atoms with E-state index in [0.717, 1.165) is 19.4 Å². The lowest BCUT2D eigenvalue weighted by molar-refractivity contribution is -0.136. The molecule has 0 saturated heterocycles. The van der Waals surface area contributed by atoms with Gasteiger partial charge in [0.15, 0.2) is 0 Å². The zero-order chi connectivity index (χ0) is 13.8. The van der Waals surface area contributed by atoms with E-state index in [0.29, 0.717) is 6.04 Å². The molecule has 0 unspecified atom stereocenters. The van der Waals surface area contributed by atoms with E-state index in [1.807, 2.05) is 32.6 Å². The lowest BCUT2D eigenvalue weighted by Crippen LogP contribution is -2.46. The highest BCUT2D eigenvalue weighted by atomic mass is 16.2. The van der Waals surface area contributed by atoms with Crippen molar-refractivity contribution in [1.29, 1.82) is 0 Å². The van der Waals surface area contributed by atoms with Gasteiger partial charge in [-0.3, -0.25) is 9.59 Å². The Hall–Kier alpha value is -1.06. The summed E-state index contributed by atoms with van der Waals surface area (Å²) < 4.78 is 0. The van der Waals surface area contributed by atoms with Crippen LogP contribution in [0.5, 0.6) is 0 Å². The van der Waals surface area contributed by atoms with Gasteiger partial charge in [-0.1, -0.05) is 33.6 Å². The molecule has 18 heavy (non-hydrogen) atoms. The van der Waals surface area contributed by atoms with Crippen LogP contribution in [-0.2, 0) is 9.59 Å². The molecule has 1 aliphatic rings. The Balaban J connectivity index is 2.45.